The first kappa shape index (κ1) is 4.54. The van der Waals surface area contributed by atoms with Gasteiger partial charge in [0.15, 0.2) is 0 Å². The van der Waals surface area contributed by atoms with Crippen molar-refractivity contribution in [3.8, 4) is 0 Å². The second kappa shape index (κ2) is 1.25. The van der Waals surface area contributed by atoms with Gasteiger partial charge in [0.25, 0.3) is 0 Å². The van der Waals surface area contributed by atoms with Crippen LogP contribution in [0.3, 0.4) is 0 Å². The zero-order valence-electron chi connectivity index (χ0n) is 5.64. The minimum atomic E-state index is 1.09. The Balaban J connectivity index is 1.95. The third kappa shape index (κ3) is 0.452. The van der Waals surface area contributed by atoms with Crippen molar-refractivity contribution < 1.29 is 0 Å². The van der Waals surface area contributed by atoms with Crippen LogP contribution in [-0.4, -0.2) is 0 Å². The normalized spacial score (nSPS) is 52.4. The lowest BCUT2D eigenvalue weighted by molar-refractivity contribution is 0.150. The zero-order valence-corrected chi connectivity index (χ0v) is 5.64. The molecule has 3 rings (SSSR count). The van der Waals surface area contributed by atoms with Gasteiger partial charge in [0.1, 0.15) is 0 Å². The summed E-state index contributed by atoms with van der Waals surface area (Å²) >= 11 is 0. The molecule has 0 saturated heterocycles. The molecule has 0 N–H and O–H groups in total. The summed E-state index contributed by atoms with van der Waals surface area (Å²) in [6.07, 6.45) is 8.49. The molecule has 0 radical (unpaired) electrons. The van der Waals surface area contributed by atoms with Crippen molar-refractivity contribution in [1.82, 2.24) is 0 Å². The molecule has 0 heteroatoms. The second-order valence-electron chi connectivity index (χ2n) is 3.83. The van der Waals surface area contributed by atoms with E-state index in [9.17, 15) is 0 Å². The molecule has 3 unspecified atom stereocenters. The Morgan fingerprint density at radius 1 is 1.33 bits per heavy atom. The Hall–Kier alpha value is -0.260. The standard InChI is InChI=1S/C9H12/c1-2-7-5-9(7)8-4-3-6(1)8/h2,6,8-9H,1,3-5H2. The summed E-state index contributed by atoms with van der Waals surface area (Å²) in [4.78, 5) is 0. The monoisotopic (exact) mass is 120 g/mol. The van der Waals surface area contributed by atoms with Gasteiger partial charge in [-0.05, 0) is 43.4 Å². The molecule has 0 nitrogen and oxygen atoms in total. The minimum Gasteiger partial charge on any atom is -0.0847 e. The van der Waals surface area contributed by atoms with Crippen LogP contribution in [0.2, 0.25) is 0 Å². The molecule has 0 spiro atoms. The molecule has 0 amide bonds. The first-order valence-electron chi connectivity index (χ1n) is 4.14. The molecule has 3 atom stereocenters. The number of hydrogen-bond donors (Lipinski definition) is 0. The van der Waals surface area contributed by atoms with Gasteiger partial charge in [-0.2, -0.15) is 0 Å². The molecular formula is C9H12. The highest BCUT2D eigenvalue weighted by atomic mass is 14.5. The van der Waals surface area contributed by atoms with Gasteiger partial charge in [-0.1, -0.05) is 11.6 Å². The molecule has 3 aliphatic carbocycles. The van der Waals surface area contributed by atoms with Crippen LogP contribution in [0.25, 0.3) is 0 Å². The van der Waals surface area contributed by atoms with Gasteiger partial charge in [-0.25, -0.2) is 0 Å². The molecule has 3 aliphatic rings. The highest BCUT2D eigenvalue weighted by molar-refractivity contribution is 5.29. The third-order valence-corrected chi connectivity index (χ3v) is 3.45. The van der Waals surface area contributed by atoms with Crippen molar-refractivity contribution in [2.45, 2.75) is 25.7 Å². The van der Waals surface area contributed by atoms with Gasteiger partial charge in [-0.3, -0.25) is 0 Å². The fraction of sp³-hybridized carbons (Fsp3) is 0.778. The van der Waals surface area contributed by atoms with E-state index in [4.69, 9.17) is 0 Å². The van der Waals surface area contributed by atoms with Crippen molar-refractivity contribution in [2.75, 3.05) is 0 Å². The molecule has 0 aromatic rings. The lowest BCUT2D eigenvalue weighted by Gasteiger charge is -2.38. The molecule has 48 valence electrons. The molecule has 0 aromatic carbocycles. The van der Waals surface area contributed by atoms with Gasteiger partial charge < -0.3 is 0 Å². The minimum absolute atomic E-state index is 1.09. The van der Waals surface area contributed by atoms with Crippen molar-refractivity contribution in [2.24, 2.45) is 17.8 Å². The van der Waals surface area contributed by atoms with Gasteiger partial charge in [0.2, 0.25) is 0 Å². The summed E-state index contributed by atoms with van der Waals surface area (Å²) in [7, 11) is 0. The topological polar surface area (TPSA) is 0 Å². The third-order valence-electron chi connectivity index (χ3n) is 3.45. The number of allylic oxidation sites excluding steroid dienone is 2. The fourth-order valence-electron chi connectivity index (χ4n) is 2.58. The molecule has 0 aliphatic heterocycles. The molecule has 0 bridgehead atoms. The van der Waals surface area contributed by atoms with E-state index in [0.717, 1.165) is 17.8 Å². The number of fused-ring (bicyclic) bond motifs is 3. The van der Waals surface area contributed by atoms with Crippen LogP contribution in [0, 0.1) is 17.8 Å². The van der Waals surface area contributed by atoms with E-state index in [1.165, 1.54) is 19.3 Å². The van der Waals surface area contributed by atoms with E-state index < -0.39 is 0 Å². The van der Waals surface area contributed by atoms with Crippen LogP contribution in [-0.2, 0) is 0 Å². The molecule has 9 heavy (non-hydrogen) atoms. The summed E-state index contributed by atoms with van der Waals surface area (Å²) < 4.78 is 0. The first-order valence-corrected chi connectivity index (χ1v) is 4.14. The van der Waals surface area contributed by atoms with Gasteiger partial charge in [-0.15, -0.1) is 0 Å². The van der Waals surface area contributed by atoms with E-state index in [-0.39, 0.29) is 0 Å². The van der Waals surface area contributed by atoms with E-state index in [0.29, 0.717) is 0 Å². The Morgan fingerprint density at radius 3 is 3.00 bits per heavy atom. The summed E-state index contributed by atoms with van der Waals surface area (Å²) in [6, 6.07) is 0. The average molecular weight is 120 g/mol. The summed E-state index contributed by atoms with van der Waals surface area (Å²) in [5.41, 5.74) is 1.80. The van der Waals surface area contributed by atoms with Crippen molar-refractivity contribution >= 4 is 0 Å². The van der Waals surface area contributed by atoms with Crippen LogP contribution in [0.1, 0.15) is 25.7 Å². The van der Waals surface area contributed by atoms with E-state index in [1.807, 2.05) is 0 Å². The first-order chi connectivity index (χ1) is 4.45. The largest absolute Gasteiger partial charge is 0.0847 e. The molecule has 0 heterocycles. The Kier molecular flexibility index (Phi) is 0.633. The highest BCUT2D eigenvalue weighted by Crippen LogP contribution is 2.58. The van der Waals surface area contributed by atoms with E-state index >= 15 is 0 Å². The molecule has 2 saturated carbocycles. The second-order valence-corrected chi connectivity index (χ2v) is 3.83. The van der Waals surface area contributed by atoms with Crippen LogP contribution >= 0.6 is 0 Å². The van der Waals surface area contributed by atoms with Gasteiger partial charge in [0, 0.05) is 0 Å². The summed E-state index contributed by atoms with van der Waals surface area (Å²) in [5, 5.41) is 0. The molecule has 0 aromatic heterocycles. The van der Waals surface area contributed by atoms with Crippen LogP contribution in [0.4, 0.5) is 0 Å². The molecule has 2 fully saturated rings. The van der Waals surface area contributed by atoms with E-state index in [2.05, 4.69) is 6.08 Å². The summed E-state index contributed by atoms with van der Waals surface area (Å²) in [5.74, 6) is 3.38. The predicted octanol–water partition coefficient (Wildman–Crippen LogP) is 2.36. The van der Waals surface area contributed by atoms with Gasteiger partial charge >= 0.3 is 0 Å². The Bertz CT molecular complexity index is 178. The van der Waals surface area contributed by atoms with Crippen LogP contribution in [0.5, 0.6) is 0 Å². The zero-order chi connectivity index (χ0) is 5.84. The Morgan fingerprint density at radius 2 is 2.33 bits per heavy atom. The smallest absolute Gasteiger partial charge is 0.0135 e. The fourth-order valence-corrected chi connectivity index (χ4v) is 2.58. The quantitative estimate of drug-likeness (QED) is 0.430. The van der Waals surface area contributed by atoms with Crippen molar-refractivity contribution in [3.05, 3.63) is 11.6 Å². The number of rotatable bonds is 0. The van der Waals surface area contributed by atoms with Crippen LogP contribution < -0.4 is 0 Å². The van der Waals surface area contributed by atoms with Gasteiger partial charge in [0.05, 0.1) is 0 Å². The van der Waals surface area contributed by atoms with Crippen molar-refractivity contribution in [1.29, 1.82) is 0 Å². The lowest BCUT2D eigenvalue weighted by atomic mass is 9.67. The maximum absolute atomic E-state index is 2.50. The maximum atomic E-state index is 2.50. The Labute approximate surface area is 56.0 Å². The predicted molar refractivity (Wildman–Crippen MR) is 37.0 cm³/mol. The van der Waals surface area contributed by atoms with Crippen molar-refractivity contribution in [3.63, 3.8) is 0 Å². The highest BCUT2D eigenvalue weighted by Gasteiger charge is 2.47. The van der Waals surface area contributed by atoms with E-state index in [1.54, 1.807) is 12.0 Å². The SMILES string of the molecule is C1=C2CC2C2CCC2C1. The molecular weight excluding hydrogens is 108 g/mol. The average Bonchev–Trinajstić information content (AvgIpc) is 2.43. The lowest BCUT2D eigenvalue weighted by Crippen LogP contribution is -2.28. The van der Waals surface area contributed by atoms with Crippen LogP contribution in [0.15, 0.2) is 11.6 Å². The number of hydrogen-bond acceptors (Lipinski definition) is 0. The maximum Gasteiger partial charge on any atom is -0.0135 e. The summed E-state index contributed by atoms with van der Waals surface area (Å²) in [6.45, 7) is 0.